The van der Waals surface area contributed by atoms with E-state index in [0.29, 0.717) is 23.0 Å². The summed E-state index contributed by atoms with van der Waals surface area (Å²) in [7, 11) is 1.19. The quantitative estimate of drug-likeness (QED) is 0.626. The van der Waals surface area contributed by atoms with E-state index in [1.54, 1.807) is 24.3 Å². The lowest BCUT2D eigenvalue weighted by atomic mass is 10.0. The summed E-state index contributed by atoms with van der Waals surface area (Å²) in [5, 5.41) is 0. The first-order chi connectivity index (χ1) is 10.5. The number of carbonyl (C=O) groups excluding carboxylic acids is 2. The van der Waals surface area contributed by atoms with Crippen LogP contribution in [-0.2, 0) is 4.74 Å². The van der Waals surface area contributed by atoms with E-state index in [4.69, 9.17) is 0 Å². The van der Waals surface area contributed by atoms with Crippen LogP contribution in [-0.4, -0.2) is 26.0 Å². The lowest BCUT2D eigenvalue weighted by Crippen LogP contribution is -2.06. The van der Waals surface area contributed by atoms with Gasteiger partial charge in [0, 0.05) is 5.56 Å². The van der Waals surface area contributed by atoms with Gasteiger partial charge in [-0.1, -0.05) is 18.2 Å². The third kappa shape index (κ3) is 3.66. The normalized spacial score (nSPS) is 10.4. The number of hydrogen-bond donors (Lipinski definition) is 0. The second kappa shape index (κ2) is 6.80. The van der Waals surface area contributed by atoms with Gasteiger partial charge in [0.25, 0.3) is 0 Å². The zero-order valence-corrected chi connectivity index (χ0v) is 11.6. The second-order valence-electron chi connectivity index (χ2n) is 4.36. The highest BCUT2D eigenvalue weighted by Crippen LogP contribution is 2.28. The molecule has 0 spiro atoms. The fourth-order valence-electron chi connectivity index (χ4n) is 1.96. The van der Waals surface area contributed by atoms with E-state index < -0.39 is 12.6 Å². The molecule has 0 saturated heterocycles. The van der Waals surface area contributed by atoms with Crippen LogP contribution in [0, 0.1) is 0 Å². The third-order valence-corrected chi connectivity index (χ3v) is 2.91. The molecule has 0 aliphatic rings. The van der Waals surface area contributed by atoms with Gasteiger partial charge in [-0.2, -0.15) is 8.78 Å². The predicted octanol–water partition coefficient (Wildman–Crippen LogP) is 3.55. The fraction of sp³-hybridized carbons (Fsp3) is 0.125. The smallest absolute Gasteiger partial charge is 0.387 e. The Morgan fingerprint density at radius 1 is 1.14 bits per heavy atom. The summed E-state index contributed by atoms with van der Waals surface area (Å²) in [6, 6.07) is 10.5. The molecule has 0 unspecified atom stereocenters. The highest BCUT2D eigenvalue weighted by molar-refractivity contribution is 5.92. The molecule has 2 rings (SSSR count). The third-order valence-electron chi connectivity index (χ3n) is 2.91. The van der Waals surface area contributed by atoms with Gasteiger partial charge in [0.15, 0.2) is 0 Å². The minimum absolute atomic E-state index is 0.0761. The number of methoxy groups -OCH3 is 1. The van der Waals surface area contributed by atoms with Gasteiger partial charge in [-0.05, 0) is 35.4 Å². The molecule has 6 heteroatoms. The van der Waals surface area contributed by atoms with Gasteiger partial charge in [-0.25, -0.2) is 4.79 Å². The molecule has 0 amide bonds. The van der Waals surface area contributed by atoms with Crippen molar-refractivity contribution in [2.75, 3.05) is 7.11 Å². The van der Waals surface area contributed by atoms with E-state index >= 15 is 0 Å². The molecule has 0 saturated carbocycles. The summed E-state index contributed by atoms with van der Waals surface area (Å²) in [5.41, 5.74) is 1.56. The van der Waals surface area contributed by atoms with Crippen LogP contribution in [0.2, 0.25) is 0 Å². The second-order valence-corrected chi connectivity index (χ2v) is 4.36. The van der Waals surface area contributed by atoms with E-state index in [2.05, 4.69) is 9.47 Å². The molecule has 114 valence electrons. The molecular formula is C16H12F2O4. The van der Waals surface area contributed by atoms with Crippen molar-refractivity contribution in [2.24, 2.45) is 0 Å². The number of ether oxygens (including phenoxy) is 2. The fourth-order valence-corrected chi connectivity index (χ4v) is 1.96. The van der Waals surface area contributed by atoms with Crippen molar-refractivity contribution in [3.8, 4) is 16.9 Å². The van der Waals surface area contributed by atoms with Crippen molar-refractivity contribution in [1.82, 2.24) is 0 Å². The maximum Gasteiger partial charge on any atom is 0.387 e. The van der Waals surface area contributed by atoms with Crippen molar-refractivity contribution in [1.29, 1.82) is 0 Å². The van der Waals surface area contributed by atoms with Gasteiger partial charge in [-0.15, -0.1) is 0 Å². The van der Waals surface area contributed by atoms with Crippen LogP contribution in [0.15, 0.2) is 42.5 Å². The van der Waals surface area contributed by atoms with Crippen LogP contribution in [0.4, 0.5) is 8.78 Å². The summed E-state index contributed by atoms with van der Waals surface area (Å²) >= 11 is 0. The van der Waals surface area contributed by atoms with Crippen molar-refractivity contribution < 1.29 is 27.8 Å². The first kappa shape index (κ1) is 15.6. The molecule has 22 heavy (non-hydrogen) atoms. The Kier molecular flexibility index (Phi) is 4.83. The summed E-state index contributed by atoms with van der Waals surface area (Å²) in [4.78, 5) is 22.5. The Balaban J connectivity index is 2.53. The molecular weight excluding hydrogens is 294 g/mol. The minimum Gasteiger partial charge on any atom is -0.465 e. The molecule has 0 aliphatic heterocycles. The van der Waals surface area contributed by atoms with Gasteiger partial charge in [0.2, 0.25) is 0 Å². The first-order valence-electron chi connectivity index (χ1n) is 6.27. The summed E-state index contributed by atoms with van der Waals surface area (Å²) in [6.45, 7) is -3.01. The van der Waals surface area contributed by atoms with Crippen LogP contribution < -0.4 is 4.74 Å². The average molecular weight is 306 g/mol. The maximum atomic E-state index is 12.4. The Morgan fingerprint density at radius 2 is 1.91 bits per heavy atom. The number of benzene rings is 2. The van der Waals surface area contributed by atoms with Crippen LogP contribution in [0.1, 0.15) is 20.7 Å². The van der Waals surface area contributed by atoms with Gasteiger partial charge in [0.05, 0.1) is 12.7 Å². The number of hydrogen-bond acceptors (Lipinski definition) is 4. The number of halogens is 2. The lowest BCUT2D eigenvalue weighted by Gasteiger charge is -2.10. The van der Waals surface area contributed by atoms with Crippen LogP contribution in [0.25, 0.3) is 11.1 Å². The monoisotopic (exact) mass is 306 g/mol. The number of carbonyl (C=O) groups is 2. The van der Waals surface area contributed by atoms with E-state index in [1.807, 2.05) is 0 Å². The SMILES string of the molecule is COC(=O)c1cc(OC(F)F)cc(-c2cccc(C=O)c2)c1. The summed E-state index contributed by atoms with van der Waals surface area (Å²) in [5.74, 6) is -0.836. The molecule has 0 radical (unpaired) electrons. The van der Waals surface area contributed by atoms with Crippen molar-refractivity contribution in [3.05, 3.63) is 53.6 Å². The highest BCUT2D eigenvalue weighted by Gasteiger charge is 2.13. The molecule has 0 fully saturated rings. The molecule has 4 nitrogen and oxygen atoms in total. The minimum atomic E-state index is -3.01. The van der Waals surface area contributed by atoms with Crippen LogP contribution in [0.5, 0.6) is 5.75 Å². The van der Waals surface area contributed by atoms with Gasteiger partial charge in [-0.3, -0.25) is 4.79 Å². The molecule has 2 aromatic carbocycles. The predicted molar refractivity (Wildman–Crippen MR) is 75.2 cm³/mol. The van der Waals surface area contributed by atoms with Gasteiger partial charge < -0.3 is 9.47 Å². The zero-order valence-electron chi connectivity index (χ0n) is 11.6. The largest absolute Gasteiger partial charge is 0.465 e. The molecule has 2 aromatic rings. The van der Waals surface area contributed by atoms with Crippen LogP contribution >= 0.6 is 0 Å². The number of aldehydes is 1. The molecule has 0 N–H and O–H groups in total. The van der Waals surface area contributed by atoms with E-state index in [0.717, 1.165) is 0 Å². The molecule has 0 heterocycles. The van der Waals surface area contributed by atoms with E-state index in [-0.39, 0.29) is 11.3 Å². The summed E-state index contributed by atoms with van der Waals surface area (Å²) in [6.07, 6.45) is 0.671. The maximum absolute atomic E-state index is 12.4. The Bertz CT molecular complexity index is 698. The topological polar surface area (TPSA) is 52.6 Å². The number of rotatable bonds is 5. The van der Waals surface area contributed by atoms with E-state index in [9.17, 15) is 18.4 Å². The average Bonchev–Trinajstić information content (AvgIpc) is 2.53. The van der Waals surface area contributed by atoms with Gasteiger partial charge in [0.1, 0.15) is 12.0 Å². The number of esters is 1. The number of alkyl halides is 2. The zero-order chi connectivity index (χ0) is 16.1. The highest BCUT2D eigenvalue weighted by atomic mass is 19.3. The molecule has 0 bridgehead atoms. The molecule has 0 aromatic heterocycles. The van der Waals surface area contributed by atoms with E-state index in [1.165, 1.54) is 25.3 Å². The van der Waals surface area contributed by atoms with Crippen LogP contribution in [0.3, 0.4) is 0 Å². The lowest BCUT2D eigenvalue weighted by molar-refractivity contribution is -0.0498. The van der Waals surface area contributed by atoms with Crippen molar-refractivity contribution in [3.63, 3.8) is 0 Å². The molecule has 0 aliphatic carbocycles. The molecule has 0 atom stereocenters. The van der Waals surface area contributed by atoms with Gasteiger partial charge >= 0.3 is 12.6 Å². The first-order valence-corrected chi connectivity index (χ1v) is 6.27. The summed E-state index contributed by atoms with van der Waals surface area (Å²) < 4.78 is 33.8. The Morgan fingerprint density at radius 3 is 2.55 bits per heavy atom. The Labute approximate surface area is 125 Å². The van der Waals surface area contributed by atoms with Crippen molar-refractivity contribution >= 4 is 12.3 Å². The standard InChI is InChI=1S/C16H12F2O4/c1-21-15(20)13-6-12(7-14(8-13)22-16(17)18)11-4-2-3-10(5-11)9-19/h2-9,16H,1H3. The van der Waals surface area contributed by atoms with Crippen molar-refractivity contribution in [2.45, 2.75) is 6.61 Å². The Hall–Kier alpha value is -2.76.